The molecule has 1 aliphatic carbocycles. The Hall–Kier alpha value is -3.99. The molecule has 0 amide bonds. The SMILES string of the molecule is CCN(CC)c1ccc(/C=C2\CCC(/C=N\Nc3ncnc(N)c3[N+](=O)[O-])=C2N2CCOCC2)cc1. The summed E-state index contributed by atoms with van der Waals surface area (Å²) in [6.45, 7) is 9.21. The fraction of sp³-hybridized carbons (Fsp3) is 0.400. The Morgan fingerprint density at radius 2 is 1.92 bits per heavy atom. The first kappa shape index (κ1) is 25.1. The topological polar surface area (TPSA) is 135 Å². The number of nitrogens with zero attached hydrogens (tertiary/aromatic N) is 6. The highest BCUT2D eigenvalue weighted by atomic mass is 16.6. The fourth-order valence-electron chi connectivity index (χ4n) is 4.57. The van der Waals surface area contributed by atoms with E-state index < -0.39 is 10.6 Å². The Balaban J connectivity index is 1.61. The molecular weight excluding hydrogens is 460 g/mol. The molecule has 0 spiro atoms. The molecule has 1 aromatic carbocycles. The van der Waals surface area contributed by atoms with Crippen molar-refractivity contribution in [3.05, 3.63) is 63.1 Å². The van der Waals surface area contributed by atoms with E-state index in [0.717, 1.165) is 55.9 Å². The lowest BCUT2D eigenvalue weighted by Gasteiger charge is -2.31. The van der Waals surface area contributed by atoms with Crippen LogP contribution in [0.2, 0.25) is 0 Å². The molecule has 0 saturated carbocycles. The molecule has 1 saturated heterocycles. The van der Waals surface area contributed by atoms with Crippen LogP contribution in [0, 0.1) is 10.1 Å². The second-order valence-corrected chi connectivity index (χ2v) is 8.49. The summed E-state index contributed by atoms with van der Waals surface area (Å²) in [6.07, 6.45) is 6.82. The van der Waals surface area contributed by atoms with Crippen molar-refractivity contribution in [2.45, 2.75) is 26.7 Å². The van der Waals surface area contributed by atoms with Gasteiger partial charge in [-0.25, -0.2) is 9.97 Å². The van der Waals surface area contributed by atoms with Gasteiger partial charge in [0.05, 0.1) is 24.4 Å². The summed E-state index contributed by atoms with van der Waals surface area (Å²) in [5.41, 5.74) is 13.7. The first-order valence-electron chi connectivity index (χ1n) is 12.2. The molecule has 4 rings (SSSR count). The van der Waals surface area contributed by atoms with E-state index in [4.69, 9.17) is 10.5 Å². The van der Waals surface area contributed by atoms with Crippen molar-refractivity contribution in [3.63, 3.8) is 0 Å². The van der Waals surface area contributed by atoms with E-state index in [9.17, 15) is 10.1 Å². The van der Waals surface area contributed by atoms with E-state index in [-0.39, 0.29) is 11.6 Å². The van der Waals surface area contributed by atoms with Gasteiger partial charge in [-0.3, -0.25) is 15.5 Å². The van der Waals surface area contributed by atoms with Crippen molar-refractivity contribution in [1.29, 1.82) is 0 Å². The molecule has 11 heteroatoms. The highest BCUT2D eigenvalue weighted by molar-refractivity contribution is 5.84. The van der Waals surface area contributed by atoms with Crippen molar-refractivity contribution < 1.29 is 9.66 Å². The second kappa shape index (κ2) is 11.6. The number of hydrogen-bond acceptors (Lipinski definition) is 10. The Morgan fingerprint density at radius 1 is 1.19 bits per heavy atom. The number of ether oxygens (including phenoxy) is 1. The predicted octanol–water partition coefficient (Wildman–Crippen LogP) is 3.67. The van der Waals surface area contributed by atoms with E-state index >= 15 is 0 Å². The molecule has 3 N–H and O–H groups in total. The molecule has 2 aromatic rings. The zero-order chi connectivity index (χ0) is 25.5. The Morgan fingerprint density at radius 3 is 2.58 bits per heavy atom. The van der Waals surface area contributed by atoms with Gasteiger partial charge >= 0.3 is 5.69 Å². The zero-order valence-corrected chi connectivity index (χ0v) is 20.7. The van der Waals surface area contributed by atoms with E-state index in [1.54, 1.807) is 6.21 Å². The number of aromatic nitrogens is 2. The smallest absolute Gasteiger partial charge is 0.354 e. The summed E-state index contributed by atoms with van der Waals surface area (Å²) in [5.74, 6) is -0.252. The molecule has 0 atom stereocenters. The van der Waals surface area contributed by atoms with Gasteiger partial charge in [-0.15, -0.1) is 0 Å². The van der Waals surface area contributed by atoms with Crippen molar-refractivity contribution in [1.82, 2.24) is 14.9 Å². The number of nitro groups is 1. The van der Waals surface area contributed by atoms with Crippen molar-refractivity contribution >= 4 is 35.3 Å². The average molecular weight is 493 g/mol. The third-order valence-corrected chi connectivity index (χ3v) is 6.39. The number of nitrogen functional groups attached to an aromatic ring is 1. The zero-order valence-electron chi connectivity index (χ0n) is 20.7. The van der Waals surface area contributed by atoms with Gasteiger partial charge in [0.25, 0.3) is 0 Å². The number of nitrogens with one attached hydrogen (secondary N) is 1. The number of allylic oxidation sites excluding steroid dienone is 2. The summed E-state index contributed by atoms with van der Waals surface area (Å²) in [4.78, 5) is 23.0. The maximum absolute atomic E-state index is 11.3. The minimum Gasteiger partial charge on any atom is -0.378 e. The molecule has 11 nitrogen and oxygen atoms in total. The molecule has 0 unspecified atom stereocenters. The molecule has 1 aromatic heterocycles. The van der Waals surface area contributed by atoms with E-state index in [1.165, 1.54) is 17.6 Å². The Kier molecular flexibility index (Phi) is 8.11. The number of hydrogen-bond donors (Lipinski definition) is 2. The molecular formula is C25H32N8O3. The van der Waals surface area contributed by atoms with Gasteiger partial charge < -0.3 is 20.3 Å². The lowest BCUT2D eigenvalue weighted by atomic mass is 10.1. The molecule has 1 aliphatic heterocycles. The Labute approximate surface area is 210 Å². The molecule has 190 valence electrons. The first-order valence-corrected chi connectivity index (χ1v) is 12.2. The number of benzene rings is 1. The number of morpholine rings is 1. The number of hydrazone groups is 1. The van der Waals surface area contributed by atoms with E-state index in [2.05, 4.69) is 74.5 Å². The molecule has 0 radical (unpaired) electrons. The molecule has 2 aliphatic rings. The monoisotopic (exact) mass is 492 g/mol. The van der Waals surface area contributed by atoms with Gasteiger partial charge in [-0.05, 0) is 61.6 Å². The van der Waals surface area contributed by atoms with Crippen LogP contribution in [0.4, 0.5) is 23.0 Å². The molecule has 0 bridgehead atoms. The lowest BCUT2D eigenvalue weighted by Crippen LogP contribution is -2.36. The summed E-state index contributed by atoms with van der Waals surface area (Å²) < 4.78 is 5.57. The van der Waals surface area contributed by atoms with Crippen molar-refractivity contribution in [2.24, 2.45) is 5.10 Å². The standard InChI is InChI=1S/C25H32N8O3/c1-3-31(4-2)21-9-5-18(6-10-21)15-19-7-8-20(22(19)32-11-13-36-14-12-32)16-29-30-25-23(33(34)35)24(26)27-17-28-25/h5-6,9-10,15-17H,3-4,7-8,11-14H2,1-2H3,(H3,26,27,28,30)/b19-15+,29-16-. The maximum Gasteiger partial charge on any atom is 0.354 e. The summed E-state index contributed by atoms with van der Waals surface area (Å²) in [6, 6.07) is 8.64. The highest BCUT2D eigenvalue weighted by Gasteiger charge is 2.26. The number of rotatable bonds is 9. The van der Waals surface area contributed by atoms with Gasteiger partial charge in [0, 0.05) is 37.6 Å². The third-order valence-electron chi connectivity index (χ3n) is 6.39. The van der Waals surface area contributed by atoms with Crippen LogP contribution in [0.15, 0.2) is 52.5 Å². The van der Waals surface area contributed by atoms with Crippen LogP contribution in [0.25, 0.3) is 6.08 Å². The highest BCUT2D eigenvalue weighted by Crippen LogP contribution is 2.35. The largest absolute Gasteiger partial charge is 0.378 e. The number of anilines is 3. The van der Waals surface area contributed by atoms with E-state index in [1.807, 2.05) is 0 Å². The quantitative estimate of drug-likeness (QED) is 0.305. The lowest BCUT2D eigenvalue weighted by molar-refractivity contribution is -0.383. The van der Waals surface area contributed by atoms with Gasteiger partial charge in [0.2, 0.25) is 11.6 Å². The molecule has 1 fully saturated rings. The third kappa shape index (κ3) is 5.62. The minimum absolute atomic E-state index is 0.0423. The average Bonchev–Trinajstić information content (AvgIpc) is 3.28. The van der Waals surface area contributed by atoms with Crippen LogP contribution in [-0.2, 0) is 4.74 Å². The fourth-order valence-corrected chi connectivity index (χ4v) is 4.57. The van der Waals surface area contributed by atoms with Crippen molar-refractivity contribution in [3.8, 4) is 0 Å². The minimum atomic E-state index is -0.618. The first-order chi connectivity index (χ1) is 17.5. The van der Waals surface area contributed by atoms with Crippen LogP contribution in [0.1, 0.15) is 32.3 Å². The van der Waals surface area contributed by atoms with Crippen LogP contribution in [-0.4, -0.2) is 65.4 Å². The second-order valence-electron chi connectivity index (χ2n) is 8.49. The van der Waals surface area contributed by atoms with E-state index in [0.29, 0.717) is 13.2 Å². The summed E-state index contributed by atoms with van der Waals surface area (Å²) >= 11 is 0. The molecule has 36 heavy (non-hydrogen) atoms. The number of nitrogens with two attached hydrogens (primary N) is 1. The van der Waals surface area contributed by atoms with Crippen LogP contribution >= 0.6 is 0 Å². The summed E-state index contributed by atoms with van der Waals surface area (Å²) in [5, 5.41) is 15.6. The van der Waals surface area contributed by atoms with Gasteiger partial charge in [0.15, 0.2) is 0 Å². The van der Waals surface area contributed by atoms with Crippen LogP contribution in [0.5, 0.6) is 0 Å². The maximum atomic E-state index is 11.3. The van der Waals surface area contributed by atoms with Crippen molar-refractivity contribution in [2.75, 3.05) is 55.5 Å². The normalized spacial score (nSPS) is 17.3. The van der Waals surface area contributed by atoms with Gasteiger partial charge in [-0.1, -0.05) is 12.1 Å². The van der Waals surface area contributed by atoms with Crippen LogP contribution in [0.3, 0.4) is 0 Å². The van der Waals surface area contributed by atoms with Gasteiger partial charge in [0.1, 0.15) is 6.33 Å². The van der Waals surface area contributed by atoms with Gasteiger partial charge in [-0.2, -0.15) is 5.10 Å². The summed E-state index contributed by atoms with van der Waals surface area (Å²) in [7, 11) is 0. The molecule has 2 heterocycles. The predicted molar refractivity (Wildman–Crippen MR) is 142 cm³/mol. The Bertz CT molecular complexity index is 1170. The van der Waals surface area contributed by atoms with Crippen LogP contribution < -0.4 is 16.1 Å².